The van der Waals surface area contributed by atoms with E-state index in [1.54, 1.807) is 6.07 Å². The van der Waals surface area contributed by atoms with Crippen LogP contribution in [0.2, 0.25) is 5.02 Å². The van der Waals surface area contributed by atoms with Crippen molar-refractivity contribution in [2.45, 2.75) is 62.1 Å². The second-order valence-electron chi connectivity index (χ2n) is 14.2. The number of benzene rings is 2. The number of nitrogens with zero attached hydrogens (tertiary/aromatic N) is 5. The molecule has 4 aromatic rings. The highest BCUT2D eigenvalue weighted by Gasteiger charge is 2.53. The molecule has 3 atom stereocenters. The van der Waals surface area contributed by atoms with Gasteiger partial charge in [-0.1, -0.05) is 29.8 Å². The first-order chi connectivity index (χ1) is 22.7. The van der Waals surface area contributed by atoms with Gasteiger partial charge in [0.05, 0.1) is 20.8 Å². The molecule has 6 heterocycles. The minimum atomic E-state index is -0.674. The molecule has 5 fully saturated rings. The van der Waals surface area contributed by atoms with E-state index >= 15 is 4.39 Å². The SMILES string of the molecule is C=C1CN2CCC[C@@]2(COc2nc(N3C[C@@H]4CC[C@](C5CC5)(C3)N4)c3cc(Cl)c(-c4ccc(F)c5sc(N)c(C#N)c45)c(F)c3n2)C1. The first-order valence-electron chi connectivity index (χ1n) is 16.4. The summed E-state index contributed by atoms with van der Waals surface area (Å²) in [4.78, 5) is 14.4. The molecule has 5 aliphatic rings. The molecule has 8 nitrogen and oxygen atoms in total. The van der Waals surface area contributed by atoms with Gasteiger partial charge in [-0.2, -0.15) is 15.2 Å². The Kier molecular flexibility index (Phi) is 6.59. The molecular weight excluding hydrogens is 640 g/mol. The van der Waals surface area contributed by atoms with Gasteiger partial charge in [0.15, 0.2) is 5.82 Å². The predicted octanol–water partition coefficient (Wildman–Crippen LogP) is 6.79. The van der Waals surface area contributed by atoms with Crippen molar-refractivity contribution in [3.63, 3.8) is 0 Å². The lowest BCUT2D eigenvalue weighted by Gasteiger charge is -2.42. The van der Waals surface area contributed by atoms with Crippen molar-refractivity contribution in [1.82, 2.24) is 20.2 Å². The van der Waals surface area contributed by atoms with Crippen molar-refractivity contribution in [3.8, 4) is 23.2 Å². The fourth-order valence-electron chi connectivity index (χ4n) is 9.03. The van der Waals surface area contributed by atoms with E-state index in [0.717, 1.165) is 69.6 Å². The smallest absolute Gasteiger partial charge is 0.319 e. The number of fused-ring (bicyclic) bond motifs is 5. The second-order valence-corrected chi connectivity index (χ2v) is 15.6. The molecule has 4 saturated heterocycles. The molecule has 1 saturated carbocycles. The summed E-state index contributed by atoms with van der Waals surface area (Å²) >= 11 is 7.90. The highest BCUT2D eigenvalue weighted by Crippen LogP contribution is 2.50. The van der Waals surface area contributed by atoms with Crippen molar-refractivity contribution < 1.29 is 13.5 Å². The van der Waals surface area contributed by atoms with Gasteiger partial charge in [0.1, 0.15) is 34.8 Å². The zero-order chi connectivity index (χ0) is 32.2. The second kappa shape index (κ2) is 10.5. The number of nitriles is 1. The molecule has 2 bridgehead atoms. The van der Waals surface area contributed by atoms with Gasteiger partial charge in [-0.05, 0) is 75.1 Å². The van der Waals surface area contributed by atoms with Gasteiger partial charge in [-0.25, -0.2) is 8.78 Å². The number of anilines is 2. The van der Waals surface area contributed by atoms with Crippen LogP contribution in [0.5, 0.6) is 6.01 Å². The minimum Gasteiger partial charge on any atom is -0.461 e. The lowest BCUT2D eigenvalue weighted by molar-refractivity contribution is 0.108. The topological polar surface area (TPSA) is 103 Å². The summed E-state index contributed by atoms with van der Waals surface area (Å²) in [6.07, 6.45) is 7.57. The number of hydrogen-bond donors (Lipinski definition) is 2. The molecule has 1 aliphatic carbocycles. The van der Waals surface area contributed by atoms with Crippen LogP contribution in [-0.2, 0) is 0 Å². The van der Waals surface area contributed by atoms with Gasteiger partial charge in [-0.3, -0.25) is 4.90 Å². The van der Waals surface area contributed by atoms with Gasteiger partial charge in [-0.15, -0.1) is 11.3 Å². The van der Waals surface area contributed by atoms with Crippen LogP contribution in [0.1, 0.15) is 50.5 Å². The number of aromatic nitrogens is 2. The fourth-order valence-corrected chi connectivity index (χ4v) is 10.3. The predicted molar refractivity (Wildman–Crippen MR) is 181 cm³/mol. The van der Waals surface area contributed by atoms with Crippen LogP contribution in [0.25, 0.3) is 32.1 Å². The summed E-state index contributed by atoms with van der Waals surface area (Å²) < 4.78 is 38.7. The van der Waals surface area contributed by atoms with Gasteiger partial charge in [0.2, 0.25) is 0 Å². The van der Waals surface area contributed by atoms with E-state index in [-0.39, 0.29) is 59.4 Å². The van der Waals surface area contributed by atoms with Gasteiger partial charge < -0.3 is 20.7 Å². The molecule has 0 amide bonds. The van der Waals surface area contributed by atoms with Crippen LogP contribution in [-0.4, -0.2) is 64.8 Å². The van der Waals surface area contributed by atoms with Crippen LogP contribution in [0, 0.1) is 28.9 Å². The minimum absolute atomic E-state index is 0.0172. The highest BCUT2D eigenvalue weighted by atomic mass is 35.5. The number of nitrogens with two attached hydrogens (primary N) is 1. The average molecular weight is 674 g/mol. The summed E-state index contributed by atoms with van der Waals surface area (Å²) in [6, 6.07) is 6.92. The summed E-state index contributed by atoms with van der Waals surface area (Å²) in [6.45, 7) is 7.98. The Morgan fingerprint density at radius 2 is 2.09 bits per heavy atom. The molecule has 242 valence electrons. The van der Waals surface area contributed by atoms with E-state index in [2.05, 4.69) is 27.8 Å². The number of ether oxygens (including phenoxy) is 1. The van der Waals surface area contributed by atoms with Crippen LogP contribution in [0.4, 0.5) is 19.6 Å². The molecule has 4 aliphatic heterocycles. The van der Waals surface area contributed by atoms with E-state index in [9.17, 15) is 9.65 Å². The number of rotatable bonds is 6. The van der Waals surface area contributed by atoms with Gasteiger partial charge in [0.25, 0.3) is 0 Å². The zero-order valence-corrected chi connectivity index (χ0v) is 27.4. The molecule has 2 aromatic heterocycles. The Morgan fingerprint density at radius 1 is 1.23 bits per heavy atom. The molecule has 3 N–H and O–H groups in total. The van der Waals surface area contributed by atoms with Crippen LogP contribution >= 0.6 is 22.9 Å². The first kappa shape index (κ1) is 29.6. The van der Waals surface area contributed by atoms with Crippen molar-refractivity contribution in [1.29, 1.82) is 5.26 Å². The maximum Gasteiger partial charge on any atom is 0.319 e. The molecule has 2 aromatic carbocycles. The van der Waals surface area contributed by atoms with Gasteiger partial charge >= 0.3 is 6.01 Å². The van der Waals surface area contributed by atoms with E-state index in [1.807, 2.05) is 0 Å². The van der Waals surface area contributed by atoms with Crippen LogP contribution in [0.3, 0.4) is 0 Å². The third-order valence-corrected chi connectivity index (χ3v) is 12.6. The molecule has 0 spiro atoms. The van der Waals surface area contributed by atoms with Crippen molar-refractivity contribution in [2.75, 3.05) is 43.4 Å². The summed E-state index contributed by atoms with van der Waals surface area (Å²) in [5.74, 6) is 0.0243. The van der Waals surface area contributed by atoms with Crippen molar-refractivity contribution in [3.05, 3.63) is 52.6 Å². The molecule has 47 heavy (non-hydrogen) atoms. The number of thiophene rings is 1. The number of piperazine rings is 1. The van der Waals surface area contributed by atoms with E-state index in [1.165, 1.54) is 30.5 Å². The molecule has 0 unspecified atom stereocenters. The highest BCUT2D eigenvalue weighted by molar-refractivity contribution is 7.23. The lowest BCUT2D eigenvalue weighted by atomic mass is 9.90. The van der Waals surface area contributed by atoms with E-state index in [4.69, 9.17) is 32.0 Å². The monoisotopic (exact) mass is 673 g/mol. The van der Waals surface area contributed by atoms with E-state index < -0.39 is 11.6 Å². The molecule has 12 heteroatoms. The third kappa shape index (κ3) is 4.48. The van der Waals surface area contributed by atoms with Gasteiger partial charge in [0, 0.05) is 47.6 Å². The standard InChI is InChI=1S/C35H34ClF2N7OS/c1-18-12-34(8-2-10-45(34)14-18)17-46-33-41-29-22(32(42-33)44-15-20-7-9-35(16-44,43-20)19-3-4-19)11-24(36)27(28(29)38)21-5-6-25(37)30-26(21)23(13-39)31(40)47-30/h5-6,11,19-20,43H,1-4,7-10,12,14-17,40H2/t20-,34-,35+/m0/s1. The number of nitrogen functional groups attached to an aromatic ring is 1. The van der Waals surface area contributed by atoms with Crippen LogP contribution < -0.4 is 20.7 Å². The fraction of sp³-hybridized carbons (Fsp3) is 0.457. The number of hydrogen-bond acceptors (Lipinski definition) is 9. The van der Waals surface area contributed by atoms with Crippen molar-refractivity contribution >= 4 is 54.7 Å². The number of halogens is 3. The number of nitrogens with one attached hydrogen (secondary N) is 1. The summed E-state index contributed by atoms with van der Waals surface area (Å²) in [5.41, 5.74) is 7.66. The third-order valence-electron chi connectivity index (χ3n) is 11.2. The lowest BCUT2D eigenvalue weighted by Crippen LogP contribution is -2.61. The summed E-state index contributed by atoms with van der Waals surface area (Å²) in [7, 11) is 0. The Balaban J connectivity index is 1.21. The Labute approximate surface area is 280 Å². The van der Waals surface area contributed by atoms with Crippen LogP contribution in [0.15, 0.2) is 30.4 Å². The largest absolute Gasteiger partial charge is 0.461 e. The Bertz CT molecular complexity index is 2060. The van der Waals surface area contributed by atoms with E-state index in [0.29, 0.717) is 29.8 Å². The molecule has 9 rings (SSSR count). The maximum absolute atomic E-state index is 17.1. The quantitative estimate of drug-likeness (QED) is 0.216. The molecule has 0 radical (unpaired) electrons. The normalized spacial score (nSPS) is 27.2. The maximum atomic E-state index is 17.1. The summed E-state index contributed by atoms with van der Waals surface area (Å²) in [5, 5.41) is 14.8. The zero-order valence-electron chi connectivity index (χ0n) is 25.8. The first-order valence-corrected chi connectivity index (χ1v) is 17.6. The molecular formula is C35H34ClF2N7OS. The average Bonchev–Trinajstić information content (AvgIpc) is 3.54. The Hall–Kier alpha value is -3.56. The van der Waals surface area contributed by atoms with Crippen molar-refractivity contribution in [2.24, 2.45) is 5.92 Å². The Morgan fingerprint density at radius 3 is 2.89 bits per heavy atom.